The zero-order valence-corrected chi connectivity index (χ0v) is 13.6. The fourth-order valence-electron chi connectivity index (χ4n) is 1.94. The van der Waals surface area contributed by atoms with Crippen LogP contribution in [0.5, 0.6) is 0 Å². The summed E-state index contributed by atoms with van der Waals surface area (Å²) in [5.74, 6) is 0. The van der Waals surface area contributed by atoms with Crippen LogP contribution in [0.2, 0.25) is 5.02 Å². The molecule has 2 aromatic rings. The van der Waals surface area contributed by atoms with Gasteiger partial charge in [0.15, 0.2) is 0 Å². The van der Waals surface area contributed by atoms with Gasteiger partial charge in [-0.1, -0.05) is 51.8 Å². The molecule has 0 saturated heterocycles. The normalized spacial score (nSPS) is 12.3. The predicted molar refractivity (Wildman–Crippen MR) is 87.1 cm³/mol. The van der Waals surface area contributed by atoms with Gasteiger partial charge in [0.25, 0.3) is 0 Å². The first-order valence-electron chi connectivity index (χ1n) is 6.45. The summed E-state index contributed by atoms with van der Waals surface area (Å²) in [4.78, 5) is 0. The van der Waals surface area contributed by atoms with Crippen LogP contribution in [0.15, 0.2) is 53.0 Å². The molecule has 106 valence electrons. The molecule has 0 heterocycles. The van der Waals surface area contributed by atoms with Crippen molar-refractivity contribution in [2.24, 2.45) is 0 Å². The van der Waals surface area contributed by atoms with Crippen molar-refractivity contribution in [3.63, 3.8) is 0 Å². The van der Waals surface area contributed by atoms with Crippen molar-refractivity contribution in [2.75, 3.05) is 13.6 Å². The number of hydrogen-bond donors (Lipinski definition) is 1. The Hall–Kier alpha value is -0.870. The molecule has 2 nitrogen and oxygen atoms in total. The molecule has 0 fully saturated rings. The Bertz CT molecular complexity index is 544. The van der Waals surface area contributed by atoms with E-state index < -0.39 is 0 Å². The fraction of sp³-hybridized carbons (Fsp3) is 0.250. The Labute approximate surface area is 133 Å². The van der Waals surface area contributed by atoms with Gasteiger partial charge in [0.2, 0.25) is 0 Å². The molecule has 0 amide bonds. The highest BCUT2D eigenvalue weighted by Crippen LogP contribution is 2.22. The summed E-state index contributed by atoms with van der Waals surface area (Å²) in [6.45, 7) is 1.32. The summed E-state index contributed by atoms with van der Waals surface area (Å²) in [5.41, 5.74) is 2.24. The minimum atomic E-state index is -0.0117. The highest BCUT2D eigenvalue weighted by atomic mass is 79.9. The lowest BCUT2D eigenvalue weighted by Crippen LogP contribution is -2.19. The van der Waals surface area contributed by atoms with E-state index in [1.165, 1.54) is 0 Å². The van der Waals surface area contributed by atoms with Crippen LogP contribution in [0.25, 0.3) is 0 Å². The van der Waals surface area contributed by atoms with Gasteiger partial charge in [-0.25, -0.2) is 0 Å². The molecule has 4 heteroatoms. The molecule has 0 aliphatic rings. The predicted octanol–water partition coefficient (Wildman–Crippen LogP) is 4.58. The van der Waals surface area contributed by atoms with E-state index in [2.05, 4.69) is 33.4 Å². The largest absolute Gasteiger partial charge is 0.368 e. The summed E-state index contributed by atoms with van der Waals surface area (Å²) < 4.78 is 7.09. The molecule has 1 atom stereocenters. The Morgan fingerprint density at radius 3 is 2.60 bits per heavy atom. The maximum Gasteiger partial charge on any atom is 0.0954 e. The molecule has 0 aliphatic carbocycles. The first-order valence-corrected chi connectivity index (χ1v) is 7.62. The molecule has 0 aliphatic heterocycles. The maximum absolute atomic E-state index is 6.04. The molecule has 0 aromatic heterocycles. The average molecular weight is 355 g/mol. The highest BCUT2D eigenvalue weighted by molar-refractivity contribution is 9.10. The van der Waals surface area contributed by atoms with Gasteiger partial charge >= 0.3 is 0 Å². The number of ether oxygens (including phenoxy) is 1. The first kappa shape index (κ1) is 15.5. The quantitative estimate of drug-likeness (QED) is 0.820. The lowest BCUT2D eigenvalue weighted by atomic mass is 10.1. The number of rotatable bonds is 6. The van der Waals surface area contributed by atoms with Crippen molar-refractivity contribution in [3.8, 4) is 0 Å². The monoisotopic (exact) mass is 353 g/mol. The number of hydrogen-bond acceptors (Lipinski definition) is 2. The van der Waals surface area contributed by atoms with E-state index in [0.29, 0.717) is 6.61 Å². The van der Waals surface area contributed by atoms with Crippen LogP contribution in [-0.2, 0) is 11.3 Å². The average Bonchev–Trinajstić information content (AvgIpc) is 2.45. The van der Waals surface area contributed by atoms with Gasteiger partial charge < -0.3 is 10.1 Å². The first-order chi connectivity index (χ1) is 9.69. The summed E-state index contributed by atoms with van der Waals surface area (Å²) >= 11 is 9.47. The van der Waals surface area contributed by atoms with E-state index in [0.717, 1.165) is 27.2 Å². The minimum Gasteiger partial charge on any atom is -0.368 e. The molecule has 0 spiro atoms. The van der Waals surface area contributed by atoms with Crippen LogP contribution in [0.3, 0.4) is 0 Å². The number of likely N-dealkylation sites (N-methyl/N-ethyl adjacent to an activating group) is 1. The highest BCUT2D eigenvalue weighted by Gasteiger charge is 2.11. The van der Waals surface area contributed by atoms with Crippen molar-refractivity contribution in [2.45, 2.75) is 12.7 Å². The zero-order chi connectivity index (χ0) is 14.4. The van der Waals surface area contributed by atoms with Crippen LogP contribution in [-0.4, -0.2) is 13.6 Å². The van der Waals surface area contributed by atoms with Gasteiger partial charge in [-0.3, -0.25) is 0 Å². The number of halogens is 2. The van der Waals surface area contributed by atoms with Gasteiger partial charge in [0, 0.05) is 16.0 Å². The van der Waals surface area contributed by atoms with Crippen molar-refractivity contribution in [3.05, 3.63) is 69.2 Å². The van der Waals surface area contributed by atoms with Crippen LogP contribution < -0.4 is 5.32 Å². The van der Waals surface area contributed by atoms with Crippen molar-refractivity contribution in [1.29, 1.82) is 0 Å². The third kappa shape index (κ3) is 4.60. The van der Waals surface area contributed by atoms with Crippen LogP contribution in [0.4, 0.5) is 0 Å². The molecular formula is C16H17BrClNO. The van der Waals surface area contributed by atoms with E-state index in [4.69, 9.17) is 16.3 Å². The zero-order valence-electron chi connectivity index (χ0n) is 11.3. The Balaban J connectivity index is 2.04. The van der Waals surface area contributed by atoms with Crippen LogP contribution >= 0.6 is 27.5 Å². The van der Waals surface area contributed by atoms with Crippen molar-refractivity contribution < 1.29 is 4.74 Å². The summed E-state index contributed by atoms with van der Waals surface area (Å²) in [7, 11) is 1.92. The molecule has 2 rings (SSSR count). The van der Waals surface area contributed by atoms with Gasteiger partial charge in [-0.2, -0.15) is 0 Å². The fourth-order valence-corrected chi connectivity index (χ4v) is 2.41. The molecule has 1 unspecified atom stereocenters. The lowest BCUT2D eigenvalue weighted by molar-refractivity contribution is 0.0411. The molecule has 0 saturated carbocycles. The summed E-state index contributed by atoms with van der Waals surface area (Å²) in [6, 6.07) is 16.0. The van der Waals surface area contributed by atoms with Crippen molar-refractivity contribution >= 4 is 27.5 Å². The van der Waals surface area contributed by atoms with Gasteiger partial charge in [0.05, 0.1) is 12.7 Å². The minimum absolute atomic E-state index is 0.0117. The maximum atomic E-state index is 6.04. The van der Waals surface area contributed by atoms with E-state index >= 15 is 0 Å². The standard InChI is InChI=1S/C16H17BrClNO/c1-19-10-16(13-3-2-4-15(18)9-13)20-11-12-5-7-14(17)8-6-12/h2-9,16,19H,10-11H2,1H3. The van der Waals surface area contributed by atoms with E-state index in [1.807, 2.05) is 43.4 Å². The van der Waals surface area contributed by atoms with Crippen LogP contribution in [0, 0.1) is 0 Å². The van der Waals surface area contributed by atoms with E-state index in [-0.39, 0.29) is 6.10 Å². The molecule has 0 radical (unpaired) electrons. The topological polar surface area (TPSA) is 21.3 Å². The van der Waals surface area contributed by atoms with Crippen LogP contribution in [0.1, 0.15) is 17.2 Å². The molecule has 2 aromatic carbocycles. The molecule has 0 bridgehead atoms. The van der Waals surface area contributed by atoms with E-state index in [1.54, 1.807) is 0 Å². The van der Waals surface area contributed by atoms with Gasteiger partial charge in [-0.05, 0) is 42.4 Å². The summed E-state index contributed by atoms with van der Waals surface area (Å²) in [6.07, 6.45) is -0.0117. The van der Waals surface area contributed by atoms with Gasteiger partial charge in [0.1, 0.15) is 0 Å². The molecule has 20 heavy (non-hydrogen) atoms. The second-order valence-electron chi connectivity index (χ2n) is 4.54. The van der Waals surface area contributed by atoms with E-state index in [9.17, 15) is 0 Å². The lowest BCUT2D eigenvalue weighted by Gasteiger charge is -2.18. The Morgan fingerprint density at radius 2 is 1.95 bits per heavy atom. The second kappa shape index (κ2) is 7.79. The van der Waals surface area contributed by atoms with Gasteiger partial charge in [-0.15, -0.1) is 0 Å². The third-order valence-electron chi connectivity index (χ3n) is 2.97. The summed E-state index contributed by atoms with van der Waals surface area (Å²) in [5, 5.41) is 3.89. The third-order valence-corrected chi connectivity index (χ3v) is 3.74. The number of nitrogens with one attached hydrogen (secondary N) is 1. The Kier molecular flexibility index (Phi) is 6.05. The van der Waals surface area contributed by atoms with Crippen molar-refractivity contribution in [1.82, 2.24) is 5.32 Å². The second-order valence-corrected chi connectivity index (χ2v) is 5.89. The molecule has 1 N–H and O–H groups in total. The SMILES string of the molecule is CNCC(OCc1ccc(Br)cc1)c1cccc(Cl)c1. The molecular weight excluding hydrogens is 338 g/mol. The smallest absolute Gasteiger partial charge is 0.0954 e. The number of benzene rings is 2. The Morgan fingerprint density at radius 1 is 1.20 bits per heavy atom.